The van der Waals surface area contributed by atoms with Gasteiger partial charge in [0, 0.05) is 16.3 Å². The molecule has 0 saturated carbocycles. The molecule has 2 atom stereocenters. The lowest BCUT2D eigenvalue weighted by atomic mass is 9.92. The van der Waals surface area contributed by atoms with Crippen molar-refractivity contribution in [2.24, 2.45) is 0 Å². The average molecular weight is 338 g/mol. The normalized spacial score (nSPS) is 25.8. The van der Waals surface area contributed by atoms with Gasteiger partial charge in [-0.05, 0) is 30.9 Å². The minimum Gasteiger partial charge on any atom is -0.455 e. The van der Waals surface area contributed by atoms with Gasteiger partial charge in [-0.3, -0.25) is 0 Å². The van der Waals surface area contributed by atoms with Gasteiger partial charge in [-0.25, -0.2) is 8.42 Å². The molecular formula is C20H18O3S. The van der Waals surface area contributed by atoms with E-state index in [0.717, 1.165) is 52.3 Å². The Morgan fingerprint density at radius 3 is 2.67 bits per heavy atom. The number of hydrogen-bond acceptors (Lipinski definition) is 3. The van der Waals surface area contributed by atoms with Crippen LogP contribution in [0, 0.1) is 0 Å². The molecular weight excluding hydrogens is 320 g/mol. The molecule has 1 aromatic heterocycles. The van der Waals surface area contributed by atoms with Crippen molar-refractivity contribution in [1.29, 1.82) is 0 Å². The zero-order chi connectivity index (χ0) is 16.3. The second-order valence-electron chi connectivity index (χ2n) is 6.86. The van der Waals surface area contributed by atoms with Crippen LogP contribution in [0.5, 0.6) is 0 Å². The second kappa shape index (κ2) is 4.96. The lowest BCUT2D eigenvalue weighted by Crippen LogP contribution is -2.38. The summed E-state index contributed by atoms with van der Waals surface area (Å²) in [7, 11) is -2.99. The number of fused-ring (bicyclic) bond motifs is 5. The Kier molecular flexibility index (Phi) is 2.95. The Hall–Kier alpha value is -2.07. The van der Waals surface area contributed by atoms with Crippen molar-refractivity contribution in [1.82, 2.24) is 0 Å². The number of hydrogen-bond donors (Lipinski definition) is 0. The number of sulfone groups is 1. The fourth-order valence-corrected chi connectivity index (χ4v) is 6.51. The third-order valence-electron chi connectivity index (χ3n) is 5.49. The van der Waals surface area contributed by atoms with Gasteiger partial charge in [-0.15, -0.1) is 0 Å². The molecule has 2 aliphatic rings. The molecule has 122 valence electrons. The van der Waals surface area contributed by atoms with Gasteiger partial charge in [0.2, 0.25) is 0 Å². The number of allylic oxidation sites excluding steroid dienone is 1. The molecule has 1 saturated heterocycles. The third-order valence-corrected chi connectivity index (χ3v) is 8.03. The summed E-state index contributed by atoms with van der Waals surface area (Å²) in [5.41, 5.74) is 3.94. The summed E-state index contributed by atoms with van der Waals surface area (Å²) in [6.07, 6.45) is 5.12. The summed E-state index contributed by atoms with van der Waals surface area (Å²) in [6.45, 7) is 0. The third kappa shape index (κ3) is 1.92. The molecule has 24 heavy (non-hydrogen) atoms. The van der Waals surface area contributed by atoms with Gasteiger partial charge in [-0.1, -0.05) is 48.9 Å². The summed E-state index contributed by atoms with van der Waals surface area (Å²) >= 11 is 0. The zero-order valence-electron chi connectivity index (χ0n) is 13.2. The van der Waals surface area contributed by atoms with Crippen molar-refractivity contribution in [2.75, 3.05) is 0 Å². The summed E-state index contributed by atoms with van der Waals surface area (Å²) in [5, 5.41) is 1.66. The first-order valence-electron chi connectivity index (χ1n) is 8.48. The fraction of sp³-hybridized carbons (Fsp3) is 0.300. The molecule has 2 bridgehead atoms. The van der Waals surface area contributed by atoms with E-state index in [0.29, 0.717) is 6.42 Å². The Morgan fingerprint density at radius 2 is 1.79 bits per heavy atom. The average Bonchev–Trinajstić information content (AvgIpc) is 2.93. The van der Waals surface area contributed by atoms with Crippen molar-refractivity contribution in [3.8, 4) is 0 Å². The maximum atomic E-state index is 12.5. The fourth-order valence-electron chi connectivity index (χ4n) is 4.26. The molecule has 3 nitrogen and oxygen atoms in total. The lowest BCUT2D eigenvalue weighted by Gasteiger charge is -2.33. The standard InChI is InChI=1S/C20H18O3S/c21-24(22)14-5-3-6-15(24)12-13(11-14)16-8-4-9-18-17-7-1-2-10-19(17)23-20(16)18/h1-2,4,7-11,14-15H,3,5-6,12H2. The van der Waals surface area contributed by atoms with Crippen LogP contribution in [0.1, 0.15) is 31.2 Å². The lowest BCUT2D eigenvalue weighted by molar-refractivity contribution is 0.518. The van der Waals surface area contributed by atoms with Crippen LogP contribution in [0.25, 0.3) is 27.5 Å². The molecule has 2 unspecified atom stereocenters. The summed E-state index contributed by atoms with van der Waals surface area (Å²) in [4.78, 5) is 0. The van der Waals surface area contributed by atoms with Gasteiger partial charge in [0.15, 0.2) is 9.84 Å². The predicted octanol–water partition coefficient (Wildman–Crippen LogP) is 4.71. The van der Waals surface area contributed by atoms with Gasteiger partial charge in [0.05, 0.1) is 10.5 Å². The molecule has 3 heterocycles. The Bertz CT molecular complexity index is 1090. The minimum atomic E-state index is -2.99. The van der Waals surface area contributed by atoms with E-state index in [2.05, 4.69) is 18.2 Å². The summed E-state index contributed by atoms with van der Waals surface area (Å²) in [5.74, 6) is 0. The van der Waals surface area contributed by atoms with Crippen molar-refractivity contribution in [3.05, 3.63) is 54.1 Å². The van der Waals surface area contributed by atoms with Gasteiger partial charge < -0.3 is 4.42 Å². The van der Waals surface area contributed by atoms with Crippen LogP contribution in [-0.4, -0.2) is 18.9 Å². The van der Waals surface area contributed by atoms with E-state index in [1.807, 2.05) is 30.3 Å². The predicted molar refractivity (Wildman–Crippen MR) is 96.7 cm³/mol. The number of benzene rings is 2. The van der Waals surface area contributed by atoms with Gasteiger partial charge in [-0.2, -0.15) is 0 Å². The maximum Gasteiger partial charge on any atom is 0.159 e. The molecule has 3 aromatic rings. The molecule has 2 aliphatic heterocycles. The van der Waals surface area contributed by atoms with Gasteiger partial charge in [0.1, 0.15) is 11.2 Å². The molecule has 0 amide bonds. The van der Waals surface area contributed by atoms with Gasteiger partial charge in [0.25, 0.3) is 0 Å². The van der Waals surface area contributed by atoms with Crippen LogP contribution in [0.2, 0.25) is 0 Å². The van der Waals surface area contributed by atoms with Crippen molar-refractivity contribution < 1.29 is 12.8 Å². The molecule has 0 aliphatic carbocycles. The maximum absolute atomic E-state index is 12.5. The van der Waals surface area contributed by atoms with E-state index in [4.69, 9.17) is 4.42 Å². The molecule has 5 rings (SSSR count). The molecule has 4 heteroatoms. The SMILES string of the molecule is O=S1(=O)C2C=C(c3cccc4c3oc3ccccc34)CC1CCC2. The first-order valence-corrected chi connectivity index (χ1v) is 10.1. The van der Waals surface area contributed by atoms with Crippen molar-refractivity contribution in [3.63, 3.8) is 0 Å². The molecule has 2 aromatic carbocycles. The topological polar surface area (TPSA) is 47.3 Å². The van der Waals surface area contributed by atoms with Gasteiger partial charge >= 0.3 is 0 Å². The largest absolute Gasteiger partial charge is 0.455 e. The van der Waals surface area contributed by atoms with Crippen LogP contribution < -0.4 is 0 Å². The van der Waals surface area contributed by atoms with E-state index in [1.54, 1.807) is 0 Å². The Labute approximate surface area is 140 Å². The second-order valence-corrected chi connectivity index (χ2v) is 9.31. The number of rotatable bonds is 1. The first kappa shape index (κ1) is 14.3. The van der Waals surface area contributed by atoms with E-state index < -0.39 is 9.84 Å². The molecule has 0 radical (unpaired) electrons. The molecule has 0 spiro atoms. The summed E-state index contributed by atoms with van der Waals surface area (Å²) in [6, 6.07) is 14.2. The number of furan rings is 1. The van der Waals surface area contributed by atoms with E-state index in [-0.39, 0.29) is 10.5 Å². The smallest absolute Gasteiger partial charge is 0.159 e. The van der Waals surface area contributed by atoms with Crippen molar-refractivity contribution in [2.45, 2.75) is 36.2 Å². The van der Waals surface area contributed by atoms with E-state index in [9.17, 15) is 8.42 Å². The Morgan fingerprint density at radius 1 is 0.958 bits per heavy atom. The van der Waals surface area contributed by atoms with Crippen LogP contribution in [0.3, 0.4) is 0 Å². The van der Waals surface area contributed by atoms with Crippen LogP contribution in [-0.2, 0) is 9.84 Å². The van der Waals surface area contributed by atoms with E-state index in [1.165, 1.54) is 0 Å². The highest BCUT2D eigenvalue weighted by atomic mass is 32.2. The highest BCUT2D eigenvalue weighted by molar-refractivity contribution is 7.93. The molecule has 0 N–H and O–H groups in total. The highest BCUT2D eigenvalue weighted by Crippen LogP contribution is 2.42. The first-order chi connectivity index (χ1) is 11.6. The summed E-state index contributed by atoms with van der Waals surface area (Å²) < 4.78 is 31.1. The van der Waals surface area contributed by atoms with Crippen LogP contribution >= 0.6 is 0 Å². The quantitative estimate of drug-likeness (QED) is 0.645. The monoisotopic (exact) mass is 338 g/mol. The zero-order valence-corrected chi connectivity index (χ0v) is 14.1. The van der Waals surface area contributed by atoms with Crippen LogP contribution in [0.15, 0.2) is 53.0 Å². The van der Waals surface area contributed by atoms with E-state index >= 15 is 0 Å². The minimum absolute atomic E-state index is 0.226. The van der Waals surface area contributed by atoms with Crippen LogP contribution in [0.4, 0.5) is 0 Å². The molecule has 1 fully saturated rings. The van der Waals surface area contributed by atoms with Crippen molar-refractivity contribution >= 4 is 37.3 Å². The number of para-hydroxylation sites is 2. The Balaban J connectivity index is 1.74. The highest BCUT2D eigenvalue weighted by Gasteiger charge is 2.40.